The van der Waals surface area contributed by atoms with Crippen LogP contribution in [0.4, 0.5) is 0 Å². The molecule has 0 N–H and O–H groups in total. The van der Waals surface area contributed by atoms with Crippen molar-refractivity contribution < 1.29 is 52.2 Å². The molecule has 0 saturated carbocycles. The highest BCUT2D eigenvalue weighted by Gasteiger charge is 2.62. The number of esters is 2. The van der Waals surface area contributed by atoms with Crippen molar-refractivity contribution in [3.05, 3.63) is 190 Å². The van der Waals surface area contributed by atoms with Crippen LogP contribution in [0.2, 0.25) is 0 Å². The van der Waals surface area contributed by atoms with Crippen molar-refractivity contribution in [1.29, 1.82) is 0 Å². The van der Waals surface area contributed by atoms with Gasteiger partial charge in [0.15, 0.2) is 24.1 Å². The fourth-order valence-electron chi connectivity index (χ4n) is 7.83. The van der Waals surface area contributed by atoms with E-state index in [1.54, 1.807) is 20.8 Å². The lowest BCUT2D eigenvalue weighted by Gasteiger charge is -2.54. The van der Waals surface area contributed by atoms with Gasteiger partial charge in [0, 0.05) is 0 Å². The molecule has 11 nitrogen and oxygen atoms in total. The Labute approximate surface area is 385 Å². The van der Waals surface area contributed by atoms with Crippen LogP contribution >= 0.6 is 11.8 Å². The van der Waals surface area contributed by atoms with Gasteiger partial charge in [0.1, 0.15) is 29.8 Å². The summed E-state index contributed by atoms with van der Waals surface area (Å²) in [5.74, 6) is -2.34. The fraction of sp³-hybridized carbons (Fsp3) is 0.358. The standard InChI is InChI=1S/C53H56O11S/c1-52(2,3)51(55)61-35-42-44(57-30-38-21-11-5-12-22-38)46-48(50(54)62-42)65-36-53(64-46)49(60-33-41-27-17-8-18-28-41)47(59-32-40-25-15-7-16-26-40)45(58-31-39-23-13-6-14-24-39)43(63-53)34-56-29-37-19-9-4-10-20-37/h4-28,42-45,47,49H,29-36H2,1-3H3/t42-,43-,44+,45-,47+,49-,53+/m1/s1. The van der Waals surface area contributed by atoms with E-state index in [1.807, 2.05) is 152 Å². The maximum Gasteiger partial charge on any atom is 0.348 e. The first-order valence-corrected chi connectivity index (χ1v) is 23.0. The highest BCUT2D eigenvalue weighted by atomic mass is 32.2. The molecule has 1 saturated heterocycles. The first kappa shape index (κ1) is 46.2. The Bertz CT molecular complexity index is 2310. The van der Waals surface area contributed by atoms with Gasteiger partial charge in [-0.05, 0) is 48.6 Å². The third-order valence-electron chi connectivity index (χ3n) is 11.2. The third kappa shape index (κ3) is 11.9. The Morgan fingerprint density at radius 2 is 1.06 bits per heavy atom. The molecule has 1 fully saturated rings. The Morgan fingerprint density at radius 1 is 0.600 bits per heavy atom. The number of cyclic esters (lactones) is 1. The molecule has 0 unspecified atom stereocenters. The van der Waals surface area contributed by atoms with Crippen molar-refractivity contribution in [2.45, 2.75) is 96.2 Å². The van der Waals surface area contributed by atoms with Crippen LogP contribution in [0.5, 0.6) is 0 Å². The second-order valence-corrected chi connectivity index (χ2v) is 18.3. The topological polar surface area (TPSA) is 117 Å². The molecule has 5 aromatic rings. The first-order valence-electron chi connectivity index (χ1n) is 22.0. The summed E-state index contributed by atoms with van der Waals surface area (Å²) in [4.78, 5) is 27.3. The summed E-state index contributed by atoms with van der Waals surface area (Å²) in [6, 6.07) is 49.3. The maximum atomic E-state index is 14.0. The molecule has 12 heteroatoms. The molecule has 0 radical (unpaired) electrons. The average molecular weight is 901 g/mol. The molecule has 340 valence electrons. The van der Waals surface area contributed by atoms with Crippen LogP contribution in [0, 0.1) is 5.41 Å². The van der Waals surface area contributed by atoms with E-state index in [0.29, 0.717) is 6.61 Å². The van der Waals surface area contributed by atoms with Crippen LogP contribution in [-0.4, -0.2) is 73.3 Å². The van der Waals surface area contributed by atoms with E-state index in [0.717, 1.165) is 27.8 Å². The molecule has 3 aliphatic rings. The van der Waals surface area contributed by atoms with Crippen molar-refractivity contribution in [1.82, 2.24) is 0 Å². The molecule has 8 rings (SSSR count). The predicted octanol–water partition coefficient (Wildman–Crippen LogP) is 9.13. The number of ether oxygens (including phenoxy) is 9. The molecule has 3 heterocycles. The molecule has 0 bridgehead atoms. The van der Waals surface area contributed by atoms with Crippen LogP contribution in [0.1, 0.15) is 48.6 Å². The Kier molecular flexibility index (Phi) is 15.5. The van der Waals surface area contributed by atoms with E-state index in [-0.39, 0.29) is 56.1 Å². The molecule has 0 amide bonds. The summed E-state index contributed by atoms with van der Waals surface area (Å²) in [5, 5.41) is 0. The Morgan fingerprint density at radius 3 is 1.57 bits per heavy atom. The van der Waals surface area contributed by atoms with Gasteiger partial charge in [0.05, 0.1) is 50.8 Å². The van der Waals surface area contributed by atoms with E-state index >= 15 is 0 Å². The number of rotatable bonds is 18. The largest absolute Gasteiger partial charge is 0.461 e. The smallest absolute Gasteiger partial charge is 0.348 e. The zero-order chi connectivity index (χ0) is 45.1. The molecule has 7 atom stereocenters. The van der Waals surface area contributed by atoms with Gasteiger partial charge in [-0.2, -0.15) is 0 Å². The predicted molar refractivity (Wildman–Crippen MR) is 245 cm³/mol. The van der Waals surface area contributed by atoms with Crippen molar-refractivity contribution in [2.75, 3.05) is 19.0 Å². The summed E-state index contributed by atoms with van der Waals surface area (Å²) in [7, 11) is 0. The van der Waals surface area contributed by atoms with E-state index in [1.165, 1.54) is 11.8 Å². The monoisotopic (exact) mass is 900 g/mol. The molecular formula is C53H56O11S. The number of carbonyl (C=O) groups excluding carboxylic acids is 2. The maximum absolute atomic E-state index is 14.0. The molecule has 5 aromatic carbocycles. The third-order valence-corrected chi connectivity index (χ3v) is 12.4. The molecular weight excluding hydrogens is 845 g/mol. The summed E-state index contributed by atoms with van der Waals surface area (Å²) < 4.78 is 60.4. The number of hydrogen-bond donors (Lipinski definition) is 0. The second kappa shape index (κ2) is 21.8. The molecule has 65 heavy (non-hydrogen) atoms. The molecule has 3 aliphatic heterocycles. The van der Waals surface area contributed by atoms with Crippen LogP contribution in [0.15, 0.2) is 162 Å². The summed E-state index contributed by atoms with van der Waals surface area (Å²) in [5.41, 5.74) is 3.93. The highest BCUT2D eigenvalue weighted by Crippen LogP contribution is 2.49. The molecule has 0 aliphatic carbocycles. The fourth-order valence-corrected chi connectivity index (χ4v) is 8.93. The van der Waals surface area contributed by atoms with Gasteiger partial charge in [-0.3, -0.25) is 4.79 Å². The van der Waals surface area contributed by atoms with E-state index < -0.39 is 59.8 Å². The normalized spacial score (nSPS) is 24.2. The van der Waals surface area contributed by atoms with Crippen LogP contribution in [0.3, 0.4) is 0 Å². The number of benzene rings is 5. The summed E-state index contributed by atoms with van der Waals surface area (Å²) in [6.45, 7) is 6.28. The second-order valence-electron chi connectivity index (χ2n) is 17.3. The number of hydrogen-bond acceptors (Lipinski definition) is 12. The van der Waals surface area contributed by atoms with Crippen molar-refractivity contribution in [3.8, 4) is 0 Å². The van der Waals surface area contributed by atoms with Gasteiger partial charge >= 0.3 is 11.9 Å². The van der Waals surface area contributed by atoms with Crippen LogP contribution in [0.25, 0.3) is 0 Å². The van der Waals surface area contributed by atoms with Crippen LogP contribution < -0.4 is 0 Å². The van der Waals surface area contributed by atoms with E-state index in [2.05, 4.69) is 0 Å². The zero-order valence-corrected chi connectivity index (χ0v) is 37.8. The van der Waals surface area contributed by atoms with Gasteiger partial charge in [-0.25, -0.2) is 4.79 Å². The van der Waals surface area contributed by atoms with Gasteiger partial charge < -0.3 is 42.6 Å². The van der Waals surface area contributed by atoms with Crippen molar-refractivity contribution in [3.63, 3.8) is 0 Å². The lowest BCUT2D eigenvalue weighted by molar-refractivity contribution is -0.369. The molecule has 0 aromatic heterocycles. The van der Waals surface area contributed by atoms with E-state index in [9.17, 15) is 9.59 Å². The van der Waals surface area contributed by atoms with Crippen molar-refractivity contribution in [2.24, 2.45) is 5.41 Å². The Hall–Kier alpha value is -5.31. The van der Waals surface area contributed by atoms with Gasteiger partial charge in [0.25, 0.3) is 0 Å². The highest BCUT2D eigenvalue weighted by molar-refractivity contribution is 8.04. The minimum Gasteiger partial charge on any atom is -0.461 e. The van der Waals surface area contributed by atoms with Gasteiger partial charge in [-0.15, -0.1) is 11.8 Å². The zero-order valence-electron chi connectivity index (χ0n) is 37.0. The minimum atomic E-state index is -1.59. The van der Waals surface area contributed by atoms with E-state index in [4.69, 9.17) is 42.6 Å². The van der Waals surface area contributed by atoms with Gasteiger partial charge in [-0.1, -0.05) is 152 Å². The minimum absolute atomic E-state index is 0.105. The molecule has 1 spiro atoms. The number of carbonyl (C=O) groups is 2. The quantitative estimate of drug-likeness (QED) is 0.0781. The summed E-state index contributed by atoms with van der Waals surface area (Å²) >= 11 is 1.24. The summed E-state index contributed by atoms with van der Waals surface area (Å²) in [6.07, 6.45) is -5.27. The number of thioether (sulfide) groups is 1. The van der Waals surface area contributed by atoms with Crippen LogP contribution in [-0.2, 0) is 85.3 Å². The van der Waals surface area contributed by atoms with Gasteiger partial charge in [0.2, 0.25) is 5.79 Å². The lowest BCUT2D eigenvalue weighted by Crippen LogP contribution is -2.70. The van der Waals surface area contributed by atoms with Crippen molar-refractivity contribution >= 4 is 23.7 Å². The lowest BCUT2D eigenvalue weighted by atomic mass is 9.91. The first-order chi connectivity index (χ1) is 31.6. The SMILES string of the molecule is CC(C)(C)C(=O)OC[C@H]1OC(=O)C2=C(O[C@]3(CS2)O[C@H](COCc2ccccc2)[C@@H](OCc2ccccc2)[C@H](OCc2ccccc2)[C@H]3OCc2ccccc2)[C@H]1OCc1ccccc1. The average Bonchev–Trinajstić information content (AvgIpc) is 3.33. The Balaban J connectivity index is 1.19.